The first-order chi connectivity index (χ1) is 14.5. The average molecular weight is 481 g/mol. The lowest BCUT2D eigenvalue weighted by Crippen LogP contribution is -2.28. The number of nitrogens with zero attached hydrogens (tertiary/aromatic N) is 2. The summed E-state index contributed by atoms with van der Waals surface area (Å²) in [5, 5.41) is 15.1. The highest BCUT2D eigenvalue weighted by Gasteiger charge is 2.12. The largest absolute Gasteiger partial charge is 0.355 e. The van der Waals surface area contributed by atoms with E-state index >= 15 is 0 Å². The molecule has 2 N–H and O–H groups in total. The molecule has 6 nitrogen and oxygen atoms in total. The second-order valence-electron chi connectivity index (χ2n) is 6.17. The van der Waals surface area contributed by atoms with Gasteiger partial charge in [-0.1, -0.05) is 82.7 Å². The lowest BCUT2D eigenvalue weighted by Gasteiger charge is -2.05. The van der Waals surface area contributed by atoms with Gasteiger partial charge in [-0.2, -0.15) is 0 Å². The molecule has 2 amide bonds. The molecule has 0 saturated carbocycles. The monoisotopic (exact) mass is 480 g/mol. The van der Waals surface area contributed by atoms with Gasteiger partial charge in [0, 0.05) is 28.8 Å². The van der Waals surface area contributed by atoms with Gasteiger partial charge >= 0.3 is 0 Å². The number of anilines is 1. The highest BCUT2D eigenvalue weighted by atomic mass is 35.5. The fraction of sp³-hybridized carbons (Fsp3) is 0.200. The first-order valence-corrected chi connectivity index (χ1v) is 11.6. The number of halogens is 2. The zero-order chi connectivity index (χ0) is 21.3. The maximum Gasteiger partial charge on any atom is 0.227 e. The van der Waals surface area contributed by atoms with E-state index in [1.165, 1.54) is 23.1 Å². The third kappa shape index (κ3) is 6.98. The summed E-state index contributed by atoms with van der Waals surface area (Å²) < 4.78 is 0.692. The smallest absolute Gasteiger partial charge is 0.227 e. The van der Waals surface area contributed by atoms with Crippen LogP contribution in [0.25, 0.3) is 0 Å². The van der Waals surface area contributed by atoms with Crippen LogP contribution in [0.4, 0.5) is 5.13 Å². The van der Waals surface area contributed by atoms with Crippen LogP contribution in [-0.2, 0) is 21.8 Å². The number of rotatable bonds is 9. The van der Waals surface area contributed by atoms with Crippen molar-refractivity contribution in [3.63, 3.8) is 0 Å². The molecule has 1 heterocycles. The van der Waals surface area contributed by atoms with Gasteiger partial charge in [0.15, 0.2) is 4.34 Å². The Balaban J connectivity index is 1.40. The number of aromatic nitrogens is 2. The molecule has 0 aliphatic carbocycles. The molecule has 3 aromatic rings. The zero-order valence-electron chi connectivity index (χ0n) is 15.7. The van der Waals surface area contributed by atoms with E-state index in [1.807, 2.05) is 30.3 Å². The van der Waals surface area contributed by atoms with Gasteiger partial charge in [0.05, 0.1) is 6.42 Å². The standard InChI is InChI=1S/C20H18Cl2N4O2S2/c21-15-7-4-8-16(22)14(15)12-29-20-26-25-19(30-20)24-17(27)9-10-23-18(28)11-13-5-2-1-3-6-13/h1-8H,9-12H2,(H,23,28)(H,24,25,27). The van der Waals surface area contributed by atoms with Gasteiger partial charge in [-0.3, -0.25) is 9.59 Å². The maximum absolute atomic E-state index is 12.1. The molecular formula is C20H18Cl2N4O2S2. The minimum Gasteiger partial charge on any atom is -0.355 e. The number of hydrogen-bond donors (Lipinski definition) is 2. The molecular weight excluding hydrogens is 463 g/mol. The summed E-state index contributed by atoms with van der Waals surface area (Å²) in [6.07, 6.45) is 0.437. The van der Waals surface area contributed by atoms with Crippen LogP contribution in [-0.4, -0.2) is 28.6 Å². The summed E-state index contributed by atoms with van der Waals surface area (Å²) in [4.78, 5) is 24.0. The molecule has 1 aromatic heterocycles. The van der Waals surface area contributed by atoms with Crippen LogP contribution in [0.15, 0.2) is 52.9 Å². The first kappa shape index (κ1) is 22.6. The normalized spacial score (nSPS) is 10.6. The number of nitrogens with one attached hydrogen (secondary N) is 2. The van der Waals surface area contributed by atoms with Crippen LogP contribution >= 0.6 is 46.3 Å². The van der Waals surface area contributed by atoms with E-state index in [4.69, 9.17) is 23.2 Å². The van der Waals surface area contributed by atoms with Crippen molar-refractivity contribution < 1.29 is 9.59 Å². The highest BCUT2D eigenvalue weighted by Crippen LogP contribution is 2.33. The fourth-order valence-corrected chi connectivity index (χ4v) is 4.97. The number of benzene rings is 2. The van der Waals surface area contributed by atoms with Gasteiger partial charge in [-0.15, -0.1) is 10.2 Å². The van der Waals surface area contributed by atoms with Gasteiger partial charge in [-0.05, 0) is 23.3 Å². The van der Waals surface area contributed by atoms with Crippen LogP contribution in [0.5, 0.6) is 0 Å². The van der Waals surface area contributed by atoms with Gasteiger partial charge < -0.3 is 10.6 Å². The second kappa shape index (κ2) is 11.3. The van der Waals surface area contributed by atoms with Crippen molar-refractivity contribution in [1.29, 1.82) is 0 Å². The van der Waals surface area contributed by atoms with E-state index < -0.39 is 0 Å². The molecule has 3 rings (SSSR count). The minimum atomic E-state index is -0.239. The van der Waals surface area contributed by atoms with Gasteiger partial charge in [0.25, 0.3) is 0 Å². The highest BCUT2D eigenvalue weighted by molar-refractivity contribution is 8.00. The van der Waals surface area contributed by atoms with Crippen LogP contribution in [0, 0.1) is 0 Å². The van der Waals surface area contributed by atoms with Crippen molar-refractivity contribution in [1.82, 2.24) is 15.5 Å². The molecule has 0 bridgehead atoms. The fourth-order valence-electron chi connectivity index (χ4n) is 2.46. The van der Waals surface area contributed by atoms with E-state index in [0.717, 1.165) is 11.1 Å². The Hall–Kier alpha value is -2.13. The summed E-state index contributed by atoms with van der Waals surface area (Å²) in [5.41, 5.74) is 1.76. The molecule has 0 spiro atoms. The quantitative estimate of drug-likeness (QED) is 0.338. The maximum atomic E-state index is 12.1. The third-order valence-corrected chi connectivity index (χ3v) is 6.64. The molecule has 10 heteroatoms. The van der Waals surface area contributed by atoms with Crippen molar-refractivity contribution in [2.45, 2.75) is 22.9 Å². The molecule has 156 valence electrons. The summed E-state index contributed by atoms with van der Waals surface area (Å²) in [6.45, 7) is 0.253. The first-order valence-electron chi connectivity index (χ1n) is 9.01. The third-order valence-electron chi connectivity index (χ3n) is 3.94. The van der Waals surface area contributed by atoms with Crippen LogP contribution in [0.2, 0.25) is 10.0 Å². The molecule has 30 heavy (non-hydrogen) atoms. The Kier molecular flexibility index (Phi) is 8.50. The molecule has 0 radical (unpaired) electrons. The molecule has 0 aliphatic heterocycles. The average Bonchev–Trinajstić information content (AvgIpc) is 3.15. The number of carbonyl (C=O) groups is 2. The Morgan fingerprint density at radius 3 is 2.43 bits per heavy atom. The van der Waals surface area contributed by atoms with Crippen molar-refractivity contribution in [3.05, 3.63) is 69.7 Å². The molecule has 0 saturated heterocycles. The molecule has 0 aliphatic rings. The Morgan fingerprint density at radius 2 is 1.70 bits per heavy atom. The predicted octanol–water partition coefficient (Wildman–Crippen LogP) is 4.82. The summed E-state index contributed by atoms with van der Waals surface area (Å²) in [7, 11) is 0. The molecule has 2 aromatic carbocycles. The van der Waals surface area contributed by atoms with Crippen LogP contribution in [0.3, 0.4) is 0 Å². The lowest BCUT2D eigenvalue weighted by molar-refractivity contribution is -0.120. The van der Waals surface area contributed by atoms with Crippen molar-refractivity contribution >= 4 is 63.2 Å². The SMILES string of the molecule is O=C(Cc1ccccc1)NCCC(=O)Nc1nnc(SCc2c(Cl)cccc2Cl)s1. The molecule has 0 atom stereocenters. The van der Waals surface area contributed by atoms with Crippen molar-refractivity contribution in [2.75, 3.05) is 11.9 Å². The van der Waals surface area contributed by atoms with E-state index in [-0.39, 0.29) is 31.2 Å². The van der Waals surface area contributed by atoms with Crippen molar-refractivity contribution in [2.24, 2.45) is 0 Å². The Bertz CT molecular complexity index is 995. The predicted molar refractivity (Wildman–Crippen MR) is 122 cm³/mol. The van der Waals surface area contributed by atoms with E-state index in [2.05, 4.69) is 20.8 Å². The summed E-state index contributed by atoms with van der Waals surface area (Å²) in [6, 6.07) is 14.8. The number of hydrogen-bond acceptors (Lipinski definition) is 6. The number of thioether (sulfide) groups is 1. The van der Waals surface area contributed by atoms with E-state index in [9.17, 15) is 9.59 Å². The van der Waals surface area contributed by atoms with Crippen molar-refractivity contribution in [3.8, 4) is 0 Å². The van der Waals surface area contributed by atoms with Gasteiger partial charge in [0.1, 0.15) is 0 Å². The molecule has 0 fully saturated rings. The minimum absolute atomic E-state index is 0.123. The van der Waals surface area contributed by atoms with Gasteiger partial charge in [-0.25, -0.2) is 0 Å². The van der Waals surface area contributed by atoms with Crippen LogP contribution < -0.4 is 10.6 Å². The van der Waals surface area contributed by atoms with Gasteiger partial charge in [0.2, 0.25) is 16.9 Å². The second-order valence-corrected chi connectivity index (χ2v) is 9.19. The molecule has 0 unspecified atom stereocenters. The lowest BCUT2D eigenvalue weighted by atomic mass is 10.1. The zero-order valence-corrected chi connectivity index (χ0v) is 18.9. The summed E-state index contributed by atoms with van der Waals surface area (Å²) >= 11 is 15.0. The van der Waals surface area contributed by atoms with Crippen LogP contribution in [0.1, 0.15) is 17.5 Å². The number of carbonyl (C=O) groups excluding carboxylic acids is 2. The number of amides is 2. The Morgan fingerprint density at radius 1 is 0.967 bits per heavy atom. The van der Waals surface area contributed by atoms with E-state index in [1.54, 1.807) is 18.2 Å². The summed E-state index contributed by atoms with van der Waals surface area (Å²) in [5.74, 6) is 0.188. The topological polar surface area (TPSA) is 84.0 Å². The van der Waals surface area contributed by atoms with E-state index in [0.29, 0.717) is 25.3 Å². The Labute approximate surface area is 192 Å².